The third-order valence-corrected chi connectivity index (χ3v) is 2.89. The number of benzene rings is 1. The number of ether oxygens (including phenoxy) is 2. The van der Waals surface area contributed by atoms with Crippen LogP contribution in [0.25, 0.3) is 0 Å². The Hall–Kier alpha value is -1.36. The molecule has 1 unspecified atom stereocenters. The summed E-state index contributed by atoms with van der Waals surface area (Å²) >= 11 is 3.31. The molecule has 0 aliphatic heterocycles. The third-order valence-electron chi connectivity index (χ3n) is 2.36. The average Bonchev–Trinajstić information content (AvgIpc) is 2.36. The Kier molecular flexibility index (Phi) is 5.15. The molecule has 0 heterocycles. The molecule has 0 aliphatic carbocycles. The molecule has 92 valence electrons. The van der Waals surface area contributed by atoms with E-state index in [1.807, 2.05) is 12.1 Å². The first kappa shape index (κ1) is 13.7. The second kappa shape index (κ2) is 6.39. The summed E-state index contributed by atoms with van der Waals surface area (Å²) in [7, 11) is 2.59. The molecule has 0 bridgehead atoms. The van der Waals surface area contributed by atoms with Gasteiger partial charge in [0.05, 0.1) is 26.6 Å². The summed E-state index contributed by atoms with van der Waals surface area (Å²) < 4.78 is 10.2. The number of halogens is 1. The van der Waals surface area contributed by atoms with E-state index in [-0.39, 0.29) is 6.42 Å². The van der Waals surface area contributed by atoms with E-state index in [2.05, 4.69) is 25.4 Å². The van der Waals surface area contributed by atoms with Crippen LogP contribution in [0.3, 0.4) is 0 Å². The molecule has 0 radical (unpaired) electrons. The van der Waals surface area contributed by atoms with Gasteiger partial charge in [-0.25, -0.2) is 0 Å². The van der Waals surface area contributed by atoms with Crippen LogP contribution in [0.4, 0.5) is 0 Å². The number of hydrogen-bond donors (Lipinski definition) is 0. The van der Waals surface area contributed by atoms with Crippen molar-refractivity contribution in [1.29, 1.82) is 0 Å². The van der Waals surface area contributed by atoms with Gasteiger partial charge in [-0.15, -0.1) is 0 Å². The van der Waals surface area contributed by atoms with Gasteiger partial charge < -0.3 is 9.47 Å². The molecule has 0 fully saturated rings. The Labute approximate surface area is 108 Å². The van der Waals surface area contributed by atoms with Gasteiger partial charge in [0.1, 0.15) is 0 Å². The molecule has 0 saturated heterocycles. The molecule has 0 amide bonds. The first-order valence-corrected chi connectivity index (χ1v) is 5.78. The van der Waals surface area contributed by atoms with Crippen LogP contribution in [-0.2, 0) is 19.1 Å². The highest BCUT2D eigenvalue weighted by Crippen LogP contribution is 2.23. The molecular formula is C12H13BrO4. The quantitative estimate of drug-likeness (QED) is 0.801. The van der Waals surface area contributed by atoms with Crippen LogP contribution in [-0.4, -0.2) is 26.2 Å². The largest absolute Gasteiger partial charge is 0.469 e. The van der Waals surface area contributed by atoms with Gasteiger partial charge in [-0.05, 0) is 17.7 Å². The van der Waals surface area contributed by atoms with Crippen molar-refractivity contribution in [1.82, 2.24) is 0 Å². The summed E-state index contributed by atoms with van der Waals surface area (Å²) in [6.45, 7) is 0. The van der Waals surface area contributed by atoms with Crippen molar-refractivity contribution < 1.29 is 19.1 Å². The summed E-state index contributed by atoms with van der Waals surface area (Å²) in [6.07, 6.45) is -0.0230. The SMILES string of the molecule is COC(=O)CC(C(=O)OC)c1ccc(Br)cc1. The summed E-state index contributed by atoms with van der Waals surface area (Å²) in [5.41, 5.74) is 0.727. The zero-order valence-electron chi connectivity index (χ0n) is 9.60. The van der Waals surface area contributed by atoms with Crippen molar-refractivity contribution in [3.8, 4) is 0 Å². The highest BCUT2D eigenvalue weighted by Gasteiger charge is 2.24. The fourth-order valence-corrected chi connectivity index (χ4v) is 1.69. The van der Waals surface area contributed by atoms with Gasteiger partial charge in [-0.1, -0.05) is 28.1 Å². The zero-order valence-corrected chi connectivity index (χ0v) is 11.2. The first-order chi connectivity index (χ1) is 8.08. The molecule has 1 rings (SSSR count). The normalized spacial score (nSPS) is 11.7. The molecule has 0 aromatic heterocycles. The standard InChI is InChI=1S/C12H13BrO4/c1-16-11(14)7-10(12(15)17-2)8-3-5-9(13)6-4-8/h3-6,10H,7H2,1-2H3. The van der Waals surface area contributed by atoms with Gasteiger partial charge in [-0.2, -0.15) is 0 Å². The Morgan fingerprint density at radius 2 is 1.76 bits per heavy atom. The lowest BCUT2D eigenvalue weighted by Crippen LogP contribution is -2.18. The molecule has 0 aliphatic rings. The van der Waals surface area contributed by atoms with E-state index < -0.39 is 17.9 Å². The molecule has 4 nitrogen and oxygen atoms in total. The zero-order chi connectivity index (χ0) is 12.8. The van der Waals surface area contributed by atoms with Gasteiger partial charge in [0.25, 0.3) is 0 Å². The smallest absolute Gasteiger partial charge is 0.313 e. The van der Waals surface area contributed by atoms with Crippen LogP contribution in [0.2, 0.25) is 0 Å². The molecule has 1 atom stereocenters. The van der Waals surface area contributed by atoms with Crippen molar-refractivity contribution in [3.63, 3.8) is 0 Å². The number of carbonyl (C=O) groups is 2. The highest BCUT2D eigenvalue weighted by molar-refractivity contribution is 9.10. The number of hydrogen-bond acceptors (Lipinski definition) is 4. The first-order valence-electron chi connectivity index (χ1n) is 4.98. The maximum Gasteiger partial charge on any atom is 0.313 e. The van der Waals surface area contributed by atoms with Crippen LogP contribution in [0.5, 0.6) is 0 Å². The summed E-state index contributed by atoms with van der Waals surface area (Å²) in [5.74, 6) is -1.51. The van der Waals surface area contributed by atoms with E-state index in [0.29, 0.717) is 0 Å². The van der Waals surface area contributed by atoms with E-state index in [4.69, 9.17) is 0 Å². The molecule has 0 spiro atoms. The highest BCUT2D eigenvalue weighted by atomic mass is 79.9. The van der Waals surface area contributed by atoms with E-state index in [1.165, 1.54) is 14.2 Å². The van der Waals surface area contributed by atoms with Crippen molar-refractivity contribution in [2.45, 2.75) is 12.3 Å². The number of methoxy groups -OCH3 is 2. The van der Waals surface area contributed by atoms with Crippen LogP contribution < -0.4 is 0 Å². The van der Waals surface area contributed by atoms with Crippen molar-refractivity contribution in [2.75, 3.05) is 14.2 Å². The Balaban J connectivity index is 2.93. The number of rotatable bonds is 4. The predicted molar refractivity (Wildman–Crippen MR) is 65.5 cm³/mol. The lowest BCUT2D eigenvalue weighted by Gasteiger charge is -2.13. The lowest BCUT2D eigenvalue weighted by molar-refractivity contribution is -0.149. The predicted octanol–water partition coefficient (Wildman–Crippen LogP) is 2.27. The van der Waals surface area contributed by atoms with E-state index >= 15 is 0 Å². The summed E-state index contributed by atoms with van der Waals surface area (Å²) in [5, 5.41) is 0. The van der Waals surface area contributed by atoms with Gasteiger partial charge in [-0.3, -0.25) is 9.59 Å². The van der Waals surface area contributed by atoms with Crippen LogP contribution in [0.1, 0.15) is 17.9 Å². The minimum Gasteiger partial charge on any atom is -0.469 e. The van der Waals surface area contributed by atoms with Gasteiger partial charge in [0, 0.05) is 4.47 Å². The second-order valence-electron chi connectivity index (χ2n) is 3.41. The molecular weight excluding hydrogens is 288 g/mol. The van der Waals surface area contributed by atoms with E-state index in [1.54, 1.807) is 12.1 Å². The Morgan fingerprint density at radius 1 is 1.18 bits per heavy atom. The number of esters is 2. The van der Waals surface area contributed by atoms with Gasteiger partial charge in [0.2, 0.25) is 0 Å². The minimum atomic E-state index is -0.624. The fraction of sp³-hybridized carbons (Fsp3) is 0.333. The molecule has 1 aromatic carbocycles. The Morgan fingerprint density at radius 3 is 2.24 bits per heavy atom. The van der Waals surface area contributed by atoms with Crippen LogP contribution in [0, 0.1) is 0 Å². The molecule has 0 N–H and O–H groups in total. The maximum absolute atomic E-state index is 11.6. The van der Waals surface area contributed by atoms with Crippen molar-refractivity contribution in [2.24, 2.45) is 0 Å². The molecule has 5 heteroatoms. The second-order valence-corrected chi connectivity index (χ2v) is 4.32. The third kappa shape index (κ3) is 3.85. The molecule has 0 saturated carbocycles. The monoisotopic (exact) mass is 300 g/mol. The van der Waals surface area contributed by atoms with Gasteiger partial charge >= 0.3 is 11.9 Å². The van der Waals surface area contributed by atoms with Crippen molar-refractivity contribution >= 4 is 27.9 Å². The van der Waals surface area contributed by atoms with E-state index in [9.17, 15) is 9.59 Å². The number of carbonyl (C=O) groups excluding carboxylic acids is 2. The minimum absolute atomic E-state index is 0.0230. The molecule has 1 aromatic rings. The Bertz CT molecular complexity index is 399. The van der Waals surface area contributed by atoms with E-state index in [0.717, 1.165) is 10.0 Å². The lowest BCUT2D eigenvalue weighted by atomic mass is 9.96. The maximum atomic E-state index is 11.6. The van der Waals surface area contributed by atoms with Crippen molar-refractivity contribution in [3.05, 3.63) is 34.3 Å². The van der Waals surface area contributed by atoms with Crippen LogP contribution >= 0.6 is 15.9 Å². The van der Waals surface area contributed by atoms with Crippen LogP contribution in [0.15, 0.2) is 28.7 Å². The topological polar surface area (TPSA) is 52.6 Å². The average molecular weight is 301 g/mol. The summed E-state index contributed by atoms with van der Waals surface area (Å²) in [6, 6.07) is 7.16. The summed E-state index contributed by atoms with van der Waals surface area (Å²) in [4.78, 5) is 22.9. The fourth-order valence-electron chi connectivity index (χ4n) is 1.42. The van der Waals surface area contributed by atoms with Gasteiger partial charge in [0.15, 0.2) is 0 Å². The molecule has 17 heavy (non-hydrogen) atoms.